The Morgan fingerprint density at radius 3 is 2.46 bits per heavy atom. The first-order valence-corrected chi connectivity index (χ1v) is 11.6. The molecular weight excluding hydrogens is 488 g/mol. The molecule has 2 N–H and O–H groups in total. The fourth-order valence-electron chi connectivity index (χ4n) is 3.63. The van der Waals surface area contributed by atoms with Gasteiger partial charge in [-0.15, -0.1) is 0 Å². The number of aromatic amines is 1. The molecule has 1 atom stereocenters. The number of pyridine rings is 1. The molecule has 8 nitrogen and oxygen atoms in total. The van der Waals surface area contributed by atoms with Crippen molar-refractivity contribution in [3.63, 3.8) is 0 Å². The number of halogens is 4. The summed E-state index contributed by atoms with van der Waals surface area (Å²) in [4.78, 5) is 3.65. The lowest BCUT2D eigenvalue weighted by Crippen LogP contribution is -2.42. The highest BCUT2D eigenvalue weighted by Crippen LogP contribution is 2.37. The van der Waals surface area contributed by atoms with Gasteiger partial charge in [0.05, 0.1) is 40.0 Å². The molecule has 13 heteroatoms. The smallest absolute Gasteiger partial charge is 0.303 e. The summed E-state index contributed by atoms with van der Waals surface area (Å²) in [6, 6.07) is 4.93. The monoisotopic (exact) mass is 506 g/mol. The molecule has 0 saturated carbocycles. The zero-order chi connectivity index (χ0) is 25.7. The van der Waals surface area contributed by atoms with Crippen LogP contribution in [-0.4, -0.2) is 40.4 Å². The summed E-state index contributed by atoms with van der Waals surface area (Å²) in [6.07, 6.45) is -2.35. The zero-order valence-corrected chi connectivity index (χ0v) is 19.4. The summed E-state index contributed by atoms with van der Waals surface area (Å²) in [5, 5.41) is 17.0. The number of nitriles is 1. The van der Waals surface area contributed by atoms with Crippen molar-refractivity contribution in [2.24, 2.45) is 0 Å². The Bertz CT molecular complexity index is 1580. The molecule has 182 valence electrons. The Morgan fingerprint density at radius 1 is 1.20 bits per heavy atom. The van der Waals surface area contributed by atoms with E-state index in [2.05, 4.69) is 21.3 Å². The molecule has 0 fully saturated rings. The lowest BCUT2D eigenvalue weighted by atomic mass is 10.1. The molecule has 0 radical (unpaired) electrons. The Labute approximate surface area is 197 Å². The van der Waals surface area contributed by atoms with Crippen LogP contribution in [-0.2, 0) is 10.0 Å². The maximum atomic E-state index is 14.4. The summed E-state index contributed by atoms with van der Waals surface area (Å²) in [6.45, 7) is 4.01. The molecule has 0 aliphatic heterocycles. The van der Waals surface area contributed by atoms with Gasteiger partial charge in [0.2, 0.25) is 10.0 Å². The van der Waals surface area contributed by atoms with E-state index in [0.29, 0.717) is 34.8 Å². The highest BCUT2D eigenvalue weighted by atomic mass is 32.2. The fraction of sp³-hybridized carbons (Fsp3) is 0.227. The molecule has 3 aromatic heterocycles. The van der Waals surface area contributed by atoms with Gasteiger partial charge in [0, 0.05) is 11.6 Å². The Balaban J connectivity index is 1.91. The topological polar surface area (TPSA) is 116 Å². The average molecular weight is 506 g/mol. The van der Waals surface area contributed by atoms with E-state index in [4.69, 9.17) is 0 Å². The number of alkyl halides is 3. The fourth-order valence-corrected chi connectivity index (χ4v) is 4.81. The average Bonchev–Trinajstić information content (AvgIpc) is 3.33. The number of nitrogens with zero attached hydrogens (tertiary/aromatic N) is 4. The van der Waals surface area contributed by atoms with Gasteiger partial charge < -0.3 is 4.57 Å². The van der Waals surface area contributed by atoms with Crippen LogP contribution in [0.15, 0.2) is 41.6 Å². The number of nitrogens with one attached hydrogen (secondary N) is 2. The van der Waals surface area contributed by atoms with Crippen molar-refractivity contribution >= 4 is 20.9 Å². The Kier molecular flexibility index (Phi) is 5.90. The molecule has 4 rings (SSSR count). The van der Waals surface area contributed by atoms with E-state index in [1.165, 1.54) is 18.3 Å². The Morgan fingerprint density at radius 2 is 1.91 bits per heavy atom. The van der Waals surface area contributed by atoms with Crippen LogP contribution >= 0.6 is 0 Å². The number of H-pyrrole nitrogens is 1. The van der Waals surface area contributed by atoms with Crippen molar-refractivity contribution < 1.29 is 26.0 Å². The van der Waals surface area contributed by atoms with E-state index < -0.39 is 33.0 Å². The van der Waals surface area contributed by atoms with Gasteiger partial charge in [0.15, 0.2) is 0 Å². The van der Waals surface area contributed by atoms with Crippen LogP contribution in [0.2, 0.25) is 0 Å². The number of hydrogen-bond acceptors (Lipinski definition) is 5. The molecule has 4 aromatic rings. The normalized spacial score (nSPS) is 13.2. The number of hydrogen-bond donors (Lipinski definition) is 2. The summed E-state index contributed by atoms with van der Waals surface area (Å²) in [7, 11) is -4.52. The van der Waals surface area contributed by atoms with Gasteiger partial charge in [-0.05, 0) is 50.6 Å². The van der Waals surface area contributed by atoms with Gasteiger partial charge in [-0.3, -0.25) is 10.1 Å². The lowest BCUT2D eigenvalue weighted by Gasteiger charge is -2.17. The van der Waals surface area contributed by atoms with Gasteiger partial charge >= 0.3 is 6.18 Å². The van der Waals surface area contributed by atoms with Gasteiger partial charge in [-0.25, -0.2) is 12.8 Å². The van der Waals surface area contributed by atoms with Gasteiger partial charge in [0.25, 0.3) is 0 Å². The van der Waals surface area contributed by atoms with Crippen LogP contribution in [0.1, 0.15) is 23.7 Å². The third-order valence-corrected chi connectivity index (χ3v) is 7.04. The van der Waals surface area contributed by atoms with E-state index in [0.717, 1.165) is 12.3 Å². The third-order valence-electron chi connectivity index (χ3n) is 5.52. The molecule has 1 aromatic carbocycles. The molecule has 1 unspecified atom stereocenters. The van der Waals surface area contributed by atoms with Gasteiger partial charge in [-0.2, -0.15) is 28.3 Å². The molecule has 0 aliphatic carbocycles. The number of rotatable bonds is 5. The largest absolute Gasteiger partial charge is 0.404 e. The van der Waals surface area contributed by atoms with E-state index in [1.54, 1.807) is 29.2 Å². The summed E-state index contributed by atoms with van der Waals surface area (Å²) in [5.41, 5.74) is 2.52. The second-order valence-electron chi connectivity index (χ2n) is 7.93. The molecule has 0 saturated heterocycles. The van der Waals surface area contributed by atoms with Gasteiger partial charge in [0.1, 0.15) is 22.8 Å². The standard InChI is InChI=1S/C22H18F4N6O2S/c1-11-6-19-15(7-17(11)23)16(8-27)21(32(19)20-10-29-30-12(20)2)18-5-4-14(9-28-18)35(33,34)31-13(3)22(24,25)26/h4-7,9-10,13,31H,1-3H3,(H,29,30). The molecule has 35 heavy (non-hydrogen) atoms. The molecular formula is C22H18F4N6O2S. The first kappa shape index (κ1) is 24.4. The molecule has 3 heterocycles. The second-order valence-corrected chi connectivity index (χ2v) is 9.65. The maximum absolute atomic E-state index is 14.4. The SMILES string of the molecule is Cc1cc2c(cc1F)c(C#N)c(-c1ccc(S(=O)(=O)NC(C)C(F)(F)F)cn1)n2-c1cn[nH]c1C. The van der Waals surface area contributed by atoms with Crippen molar-refractivity contribution in [2.45, 2.75) is 37.9 Å². The number of fused-ring (bicyclic) bond motifs is 1. The summed E-state index contributed by atoms with van der Waals surface area (Å²) < 4.78 is 80.9. The minimum absolute atomic E-state index is 0.0893. The van der Waals surface area contributed by atoms with E-state index in [9.17, 15) is 31.2 Å². The van der Waals surface area contributed by atoms with Crippen molar-refractivity contribution in [1.82, 2.24) is 24.5 Å². The maximum Gasteiger partial charge on any atom is 0.404 e. The molecule has 0 aliphatic rings. The van der Waals surface area contributed by atoms with Crippen LogP contribution in [0.5, 0.6) is 0 Å². The van der Waals surface area contributed by atoms with E-state index in [1.807, 2.05) is 0 Å². The van der Waals surface area contributed by atoms with Crippen molar-refractivity contribution in [3.8, 4) is 23.1 Å². The van der Waals surface area contributed by atoms with E-state index in [-0.39, 0.29) is 17.0 Å². The summed E-state index contributed by atoms with van der Waals surface area (Å²) >= 11 is 0. The number of aryl methyl sites for hydroxylation is 2. The third kappa shape index (κ3) is 4.26. The van der Waals surface area contributed by atoms with Gasteiger partial charge in [-0.1, -0.05) is 0 Å². The minimum Gasteiger partial charge on any atom is -0.303 e. The van der Waals surface area contributed by atoms with Crippen LogP contribution < -0.4 is 4.72 Å². The van der Waals surface area contributed by atoms with Crippen LogP contribution in [0.25, 0.3) is 28.0 Å². The van der Waals surface area contributed by atoms with Crippen molar-refractivity contribution in [2.75, 3.05) is 0 Å². The highest BCUT2D eigenvalue weighted by Gasteiger charge is 2.39. The summed E-state index contributed by atoms with van der Waals surface area (Å²) in [5.74, 6) is -0.513. The number of sulfonamides is 1. The number of benzene rings is 1. The van der Waals surface area contributed by atoms with Crippen LogP contribution in [0, 0.1) is 31.0 Å². The molecule has 0 bridgehead atoms. The van der Waals surface area contributed by atoms with Crippen LogP contribution in [0.4, 0.5) is 17.6 Å². The zero-order valence-electron chi connectivity index (χ0n) is 18.6. The predicted molar refractivity (Wildman–Crippen MR) is 119 cm³/mol. The number of aromatic nitrogens is 4. The van der Waals surface area contributed by atoms with Crippen LogP contribution in [0.3, 0.4) is 0 Å². The second kappa shape index (κ2) is 8.47. The predicted octanol–water partition coefficient (Wildman–Crippen LogP) is 4.27. The quantitative estimate of drug-likeness (QED) is 0.392. The first-order chi connectivity index (χ1) is 16.3. The minimum atomic E-state index is -4.76. The van der Waals surface area contributed by atoms with E-state index >= 15 is 0 Å². The first-order valence-electron chi connectivity index (χ1n) is 10.2. The molecule has 0 amide bonds. The highest BCUT2D eigenvalue weighted by molar-refractivity contribution is 7.89. The van der Waals surface area contributed by atoms with Crippen molar-refractivity contribution in [3.05, 3.63) is 59.3 Å². The lowest BCUT2D eigenvalue weighted by molar-refractivity contribution is -0.147. The Hall–Kier alpha value is -3.76. The van der Waals surface area contributed by atoms with Crippen molar-refractivity contribution in [1.29, 1.82) is 5.26 Å². The molecule has 0 spiro atoms.